The van der Waals surface area contributed by atoms with Gasteiger partial charge in [0.25, 0.3) is 0 Å². The van der Waals surface area contributed by atoms with Gasteiger partial charge >= 0.3 is 0 Å². The fourth-order valence-electron chi connectivity index (χ4n) is 8.15. The van der Waals surface area contributed by atoms with Gasteiger partial charge in [0.2, 0.25) is 23.6 Å². The number of nitrogens with one attached hydrogen (secondary N) is 2. The van der Waals surface area contributed by atoms with E-state index in [-0.39, 0.29) is 54.0 Å². The molecule has 0 bridgehead atoms. The van der Waals surface area contributed by atoms with Crippen molar-refractivity contribution in [1.29, 1.82) is 0 Å². The van der Waals surface area contributed by atoms with Crippen LogP contribution in [0.25, 0.3) is 0 Å². The second kappa shape index (κ2) is 19.9. The average molecular weight is 729 g/mol. The van der Waals surface area contributed by atoms with Crippen LogP contribution in [0.2, 0.25) is 0 Å². The number of benzene rings is 1. The first-order valence-electron chi connectivity index (χ1n) is 19.3. The number of likely N-dealkylation sites (tertiary alicyclic amines) is 2. The van der Waals surface area contributed by atoms with Crippen molar-refractivity contribution in [2.45, 2.75) is 128 Å². The van der Waals surface area contributed by atoms with Gasteiger partial charge in [0.15, 0.2) is 0 Å². The zero-order valence-corrected chi connectivity index (χ0v) is 33.5. The summed E-state index contributed by atoms with van der Waals surface area (Å²) < 4.78 is 12.0. The summed E-state index contributed by atoms with van der Waals surface area (Å²) in [4.78, 5) is 61.1. The number of rotatable bonds is 19. The third kappa shape index (κ3) is 10.3. The number of likely N-dealkylation sites (N-methyl/N-ethyl adjacent to an activating group) is 2. The summed E-state index contributed by atoms with van der Waals surface area (Å²) in [5, 5.41) is 6.21. The van der Waals surface area contributed by atoms with Gasteiger partial charge in [0, 0.05) is 40.4 Å². The van der Waals surface area contributed by atoms with Crippen molar-refractivity contribution >= 4 is 23.6 Å². The van der Waals surface area contributed by atoms with Crippen LogP contribution in [-0.4, -0.2) is 128 Å². The highest BCUT2D eigenvalue weighted by molar-refractivity contribution is 5.92. The van der Waals surface area contributed by atoms with Crippen LogP contribution in [0.4, 0.5) is 0 Å². The molecule has 294 valence electrons. The zero-order valence-electron chi connectivity index (χ0n) is 33.5. The molecule has 2 fully saturated rings. The minimum atomic E-state index is -0.729. The number of nitrogens with zero attached hydrogens (tertiary/aromatic N) is 3. The van der Waals surface area contributed by atoms with Gasteiger partial charge in [0.1, 0.15) is 6.04 Å². The van der Waals surface area contributed by atoms with E-state index in [4.69, 9.17) is 15.2 Å². The van der Waals surface area contributed by atoms with Crippen LogP contribution in [0.5, 0.6) is 0 Å². The van der Waals surface area contributed by atoms with Crippen LogP contribution >= 0.6 is 0 Å². The van der Waals surface area contributed by atoms with E-state index in [1.54, 1.807) is 26.2 Å². The van der Waals surface area contributed by atoms with Crippen molar-refractivity contribution in [2.75, 3.05) is 47.9 Å². The van der Waals surface area contributed by atoms with Crippen molar-refractivity contribution < 1.29 is 28.7 Å². The van der Waals surface area contributed by atoms with Crippen LogP contribution in [0.1, 0.15) is 85.6 Å². The number of hydrogen-bond acceptors (Lipinski definition) is 8. The number of nitrogens with two attached hydrogens (primary N) is 1. The van der Waals surface area contributed by atoms with Gasteiger partial charge in [-0.2, -0.15) is 0 Å². The van der Waals surface area contributed by atoms with Crippen molar-refractivity contribution in [3.63, 3.8) is 0 Å². The first-order valence-corrected chi connectivity index (χ1v) is 19.3. The Labute approximate surface area is 312 Å². The van der Waals surface area contributed by atoms with E-state index in [2.05, 4.69) is 29.4 Å². The van der Waals surface area contributed by atoms with Gasteiger partial charge in [-0.15, -0.1) is 0 Å². The highest BCUT2D eigenvalue weighted by Gasteiger charge is 2.45. The summed E-state index contributed by atoms with van der Waals surface area (Å²) in [7, 11) is 6.88. The summed E-state index contributed by atoms with van der Waals surface area (Å²) in [5.41, 5.74) is 6.48. The van der Waals surface area contributed by atoms with Crippen LogP contribution in [-0.2, 0) is 35.1 Å². The maximum Gasteiger partial charge on any atom is 0.245 e. The molecular weight excluding hydrogens is 660 g/mol. The standard InChI is InChI=1S/C40H68N6O6/c1-11-27(4)35(45(8)38(49)34(26(2)3)43-39(50)40(6)20-16-21-44(40)7)32(51-9)24-33(47)46-22-15-19-31(46)36(52-10)28(5)37(48)42-30(25-41)23-29-17-13-12-14-18-29/h12-14,17-18,26-28,30-32,34-36H,11,15-16,19-25,41H2,1-10H3,(H,42,48)(H,43,50)/t27-,28+,30-,31-,32+,34?,35-,36+,40-/m0/s1. The molecule has 12 heteroatoms. The van der Waals surface area contributed by atoms with Crippen LogP contribution in [0.15, 0.2) is 30.3 Å². The Kier molecular flexibility index (Phi) is 16.5. The van der Waals surface area contributed by atoms with Crippen molar-refractivity contribution in [3.8, 4) is 0 Å². The molecule has 12 nitrogen and oxygen atoms in total. The summed E-state index contributed by atoms with van der Waals surface area (Å²) in [5.74, 6) is -1.28. The zero-order chi connectivity index (χ0) is 38.7. The molecule has 0 spiro atoms. The van der Waals surface area contributed by atoms with Crippen molar-refractivity contribution in [1.82, 2.24) is 25.3 Å². The Balaban J connectivity index is 1.75. The molecule has 0 saturated carbocycles. The summed E-state index contributed by atoms with van der Waals surface area (Å²) in [6.07, 6.45) is 3.49. The Hall–Kier alpha value is -3.06. The molecule has 1 aromatic rings. The van der Waals surface area contributed by atoms with E-state index in [1.165, 1.54) is 0 Å². The molecule has 2 heterocycles. The highest BCUT2D eigenvalue weighted by Crippen LogP contribution is 2.31. The monoisotopic (exact) mass is 729 g/mol. The first-order chi connectivity index (χ1) is 24.6. The number of amides is 4. The Morgan fingerprint density at radius 2 is 1.69 bits per heavy atom. The van der Waals surface area contributed by atoms with Crippen molar-refractivity contribution in [3.05, 3.63) is 35.9 Å². The lowest BCUT2D eigenvalue weighted by molar-refractivity contribution is -0.148. The predicted molar refractivity (Wildman–Crippen MR) is 204 cm³/mol. The second-order valence-electron chi connectivity index (χ2n) is 15.7. The summed E-state index contributed by atoms with van der Waals surface area (Å²) >= 11 is 0. The number of ether oxygens (including phenoxy) is 2. The third-order valence-corrected chi connectivity index (χ3v) is 11.9. The predicted octanol–water partition coefficient (Wildman–Crippen LogP) is 3.22. The van der Waals surface area contributed by atoms with Crippen molar-refractivity contribution in [2.24, 2.45) is 23.5 Å². The molecular formula is C40H68N6O6. The highest BCUT2D eigenvalue weighted by atomic mass is 16.5. The molecule has 52 heavy (non-hydrogen) atoms. The number of carbonyl (C=O) groups is 4. The van der Waals surface area contributed by atoms with Crippen LogP contribution in [0.3, 0.4) is 0 Å². The van der Waals surface area contributed by atoms with Crippen LogP contribution < -0.4 is 16.4 Å². The molecule has 0 aliphatic carbocycles. The lowest BCUT2D eigenvalue weighted by atomic mass is 9.89. The average Bonchev–Trinajstić information content (AvgIpc) is 3.76. The number of methoxy groups -OCH3 is 2. The summed E-state index contributed by atoms with van der Waals surface area (Å²) in [6, 6.07) is 8.25. The fraction of sp³-hybridized carbons (Fsp3) is 0.750. The van der Waals surface area contributed by atoms with Gasteiger partial charge in [0.05, 0.1) is 42.2 Å². The lowest BCUT2D eigenvalue weighted by Crippen LogP contribution is -2.61. The minimum Gasteiger partial charge on any atom is -0.379 e. The van der Waals surface area contributed by atoms with E-state index in [9.17, 15) is 19.2 Å². The van der Waals surface area contributed by atoms with Gasteiger partial charge < -0.3 is 35.6 Å². The molecule has 1 unspecified atom stereocenters. The van der Waals surface area contributed by atoms with Gasteiger partial charge in [-0.1, -0.05) is 71.4 Å². The molecule has 4 N–H and O–H groups in total. The molecule has 3 rings (SSSR count). The Bertz CT molecular complexity index is 1310. The Morgan fingerprint density at radius 3 is 2.23 bits per heavy atom. The quantitative estimate of drug-likeness (QED) is 0.197. The van der Waals surface area contributed by atoms with E-state index in [1.807, 2.05) is 70.0 Å². The topological polar surface area (TPSA) is 147 Å². The summed E-state index contributed by atoms with van der Waals surface area (Å²) in [6.45, 7) is 13.5. The molecule has 0 aromatic heterocycles. The van der Waals surface area contributed by atoms with E-state index in [0.717, 1.165) is 37.8 Å². The molecule has 2 saturated heterocycles. The fourth-order valence-corrected chi connectivity index (χ4v) is 8.15. The normalized spacial score (nSPS) is 23.4. The maximum atomic E-state index is 14.2. The number of hydrogen-bond donors (Lipinski definition) is 3. The van der Waals surface area contributed by atoms with E-state index < -0.39 is 35.7 Å². The van der Waals surface area contributed by atoms with Gasteiger partial charge in [-0.25, -0.2) is 0 Å². The minimum absolute atomic E-state index is 0.00453. The first kappa shape index (κ1) is 43.3. The Morgan fingerprint density at radius 1 is 1.02 bits per heavy atom. The largest absolute Gasteiger partial charge is 0.379 e. The second-order valence-corrected chi connectivity index (χ2v) is 15.7. The molecule has 1 aromatic carbocycles. The lowest BCUT2D eigenvalue weighted by Gasteiger charge is -2.41. The molecule has 2 aliphatic rings. The third-order valence-electron chi connectivity index (χ3n) is 11.9. The van der Waals surface area contributed by atoms with Gasteiger partial charge in [-0.05, 0) is 70.0 Å². The molecule has 9 atom stereocenters. The molecule has 2 aliphatic heterocycles. The molecule has 4 amide bonds. The smallest absolute Gasteiger partial charge is 0.245 e. The van der Waals surface area contributed by atoms with Crippen LogP contribution in [0, 0.1) is 17.8 Å². The van der Waals surface area contributed by atoms with E-state index >= 15 is 0 Å². The van der Waals surface area contributed by atoms with Gasteiger partial charge in [-0.3, -0.25) is 24.1 Å². The maximum absolute atomic E-state index is 14.2. The molecule has 0 radical (unpaired) electrons. The number of carbonyl (C=O) groups excluding carboxylic acids is 4. The SMILES string of the molecule is CC[C@H](C)[C@@H]([C@@H](CC(=O)N1CCC[C@H]1[C@H](OC)[C@@H](C)C(=O)N[C@H](CN)Cc1ccccc1)OC)N(C)C(=O)C(NC(=O)[C@]1(C)CCCN1C)C(C)C. The van der Waals surface area contributed by atoms with E-state index in [0.29, 0.717) is 25.9 Å².